The summed E-state index contributed by atoms with van der Waals surface area (Å²) in [6.07, 6.45) is 3.12. The van der Waals surface area contributed by atoms with E-state index in [0.29, 0.717) is 6.04 Å². The van der Waals surface area contributed by atoms with Gasteiger partial charge in [0.1, 0.15) is 0 Å². The van der Waals surface area contributed by atoms with Crippen molar-refractivity contribution in [1.82, 2.24) is 10.3 Å². The van der Waals surface area contributed by atoms with E-state index in [-0.39, 0.29) is 5.54 Å². The number of aryl methyl sites for hydroxylation is 1. The molecule has 0 aromatic carbocycles. The molecule has 1 rings (SSSR count). The molecule has 1 aromatic heterocycles. The first-order valence-corrected chi connectivity index (χ1v) is 7.20. The molecule has 0 aliphatic carbocycles. The standard InChI is InChI=1S/C16H29N3/c1-8-16(5,6)19(7)15-9-13(4)18-11-14(15)10-17-12(2)3/h9,11-12,17H,8,10H2,1-7H3. The zero-order valence-electron chi connectivity index (χ0n) is 13.5. The van der Waals surface area contributed by atoms with Crippen LogP contribution in [0.5, 0.6) is 0 Å². The monoisotopic (exact) mass is 263 g/mol. The van der Waals surface area contributed by atoms with Gasteiger partial charge in [0, 0.05) is 48.3 Å². The Morgan fingerprint density at radius 3 is 2.53 bits per heavy atom. The summed E-state index contributed by atoms with van der Waals surface area (Å²) in [6, 6.07) is 2.67. The van der Waals surface area contributed by atoms with Crippen molar-refractivity contribution in [2.75, 3.05) is 11.9 Å². The summed E-state index contributed by atoms with van der Waals surface area (Å²) in [5, 5.41) is 3.48. The Labute approximate surface area is 118 Å². The fraction of sp³-hybridized carbons (Fsp3) is 0.688. The van der Waals surface area contributed by atoms with Crippen molar-refractivity contribution >= 4 is 5.69 Å². The van der Waals surface area contributed by atoms with Gasteiger partial charge in [-0.2, -0.15) is 0 Å². The third-order valence-corrected chi connectivity index (χ3v) is 3.93. The number of nitrogens with zero attached hydrogens (tertiary/aromatic N) is 2. The third kappa shape index (κ3) is 4.20. The summed E-state index contributed by atoms with van der Waals surface area (Å²) in [5.41, 5.74) is 3.78. The second kappa shape index (κ2) is 6.38. The molecule has 0 atom stereocenters. The van der Waals surface area contributed by atoms with Crippen molar-refractivity contribution in [2.45, 2.75) is 66.1 Å². The molecule has 0 aliphatic heterocycles. The van der Waals surface area contributed by atoms with Crippen LogP contribution in [0, 0.1) is 6.92 Å². The number of pyridine rings is 1. The molecule has 0 amide bonds. The van der Waals surface area contributed by atoms with Crippen LogP contribution in [-0.2, 0) is 6.54 Å². The molecule has 19 heavy (non-hydrogen) atoms. The van der Waals surface area contributed by atoms with Crippen LogP contribution in [-0.4, -0.2) is 23.6 Å². The molecule has 3 heteroatoms. The van der Waals surface area contributed by atoms with Crippen LogP contribution in [0.15, 0.2) is 12.3 Å². The number of nitrogens with one attached hydrogen (secondary N) is 1. The first-order chi connectivity index (χ1) is 8.77. The number of aromatic nitrogens is 1. The maximum absolute atomic E-state index is 4.44. The summed E-state index contributed by atoms with van der Waals surface area (Å²) in [5.74, 6) is 0. The van der Waals surface area contributed by atoms with Crippen LogP contribution in [0.1, 0.15) is 52.3 Å². The molecule has 0 unspecified atom stereocenters. The van der Waals surface area contributed by atoms with Crippen LogP contribution in [0.25, 0.3) is 0 Å². The molecule has 0 saturated carbocycles. The van der Waals surface area contributed by atoms with Gasteiger partial charge in [0.2, 0.25) is 0 Å². The fourth-order valence-electron chi connectivity index (χ4n) is 1.90. The van der Waals surface area contributed by atoms with Gasteiger partial charge in [0.05, 0.1) is 0 Å². The third-order valence-electron chi connectivity index (χ3n) is 3.93. The molecule has 0 saturated heterocycles. The predicted molar refractivity (Wildman–Crippen MR) is 83.7 cm³/mol. The lowest BCUT2D eigenvalue weighted by atomic mass is 9.98. The van der Waals surface area contributed by atoms with Crippen LogP contribution >= 0.6 is 0 Å². The summed E-state index contributed by atoms with van der Waals surface area (Å²) in [6.45, 7) is 14.0. The first kappa shape index (κ1) is 16.0. The minimum atomic E-state index is 0.153. The lowest BCUT2D eigenvalue weighted by Gasteiger charge is -2.38. The Hall–Kier alpha value is -1.09. The van der Waals surface area contributed by atoms with Crippen LogP contribution in [0.3, 0.4) is 0 Å². The van der Waals surface area contributed by atoms with E-state index in [4.69, 9.17) is 0 Å². The highest BCUT2D eigenvalue weighted by Crippen LogP contribution is 2.28. The van der Waals surface area contributed by atoms with Crippen molar-refractivity contribution in [3.05, 3.63) is 23.5 Å². The van der Waals surface area contributed by atoms with E-state index in [9.17, 15) is 0 Å². The SMILES string of the molecule is CCC(C)(C)N(C)c1cc(C)ncc1CNC(C)C. The fourth-order valence-corrected chi connectivity index (χ4v) is 1.90. The van der Waals surface area contributed by atoms with Gasteiger partial charge in [0.15, 0.2) is 0 Å². The first-order valence-electron chi connectivity index (χ1n) is 7.20. The van der Waals surface area contributed by atoms with E-state index in [2.05, 4.69) is 69.9 Å². The normalized spacial score (nSPS) is 12.0. The maximum atomic E-state index is 4.44. The lowest BCUT2D eigenvalue weighted by Crippen LogP contribution is -2.41. The van der Waals surface area contributed by atoms with Crippen molar-refractivity contribution in [2.24, 2.45) is 0 Å². The van der Waals surface area contributed by atoms with Gasteiger partial charge in [-0.05, 0) is 33.3 Å². The zero-order chi connectivity index (χ0) is 14.6. The maximum Gasteiger partial charge on any atom is 0.0447 e. The Balaban J connectivity index is 3.06. The van der Waals surface area contributed by atoms with Gasteiger partial charge < -0.3 is 10.2 Å². The highest BCUT2D eigenvalue weighted by Gasteiger charge is 2.23. The van der Waals surface area contributed by atoms with Crippen LogP contribution < -0.4 is 10.2 Å². The minimum Gasteiger partial charge on any atom is -0.369 e. The van der Waals surface area contributed by atoms with E-state index in [0.717, 1.165) is 18.7 Å². The van der Waals surface area contributed by atoms with E-state index in [1.807, 2.05) is 6.20 Å². The molecular formula is C16H29N3. The van der Waals surface area contributed by atoms with Gasteiger partial charge >= 0.3 is 0 Å². The van der Waals surface area contributed by atoms with Crippen molar-refractivity contribution < 1.29 is 0 Å². The van der Waals surface area contributed by atoms with Gasteiger partial charge in [-0.25, -0.2) is 0 Å². The summed E-state index contributed by atoms with van der Waals surface area (Å²) in [4.78, 5) is 6.82. The van der Waals surface area contributed by atoms with Crippen LogP contribution in [0.2, 0.25) is 0 Å². The topological polar surface area (TPSA) is 28.2 Å². The molecule has 1 aromatic rings. The lowest BCUT2D eigenvalue weighted by molar-refractivity contribution is 0.468. The second-order valence-corrected chi connectivity index (χ2v) is 6.22. The Morgan fingerprint density at radius 1 is 1.37 bits per heavy atom. The highest BCUT2D eigenvalue weighted by molar-refractivity contribution is 5.54. The molecule has 1 heterocycles. The van der Waals surface area contributed by atoms with E-state index < -0.39 is 0 Å². The predicted octanol–water partition coefficient (Wildman–Crippen LogP) is 3.51. The summed E-state index contributed by atoms with van der Waals surface area (Å²) < 4.78 is 0. The molecule has 1 N–H and O–H groups in total. The molecule has 108 valence electrons. The van der Waals surface area contributed by atoms with Crippen molar-refractivity contribution in [3.8, 4) is 0 Å². The molecular weight excluding hydrogens is 234 g/mol. The summed E-state index contributed by atoms with van der Waals surface area (Å²) >= 11 is 0. The average Bonchev–Trinajstić information content (AvgIpc) is 2.36. The highest BCUT2D eigenvalue weighted by atomic mass is 15.2. The van der Waals surface area contributed by atoms with Crippen molar-refractivity contribution in [3.63, 3.8) is 0 Å². The number of hydrogen-bond acceptors (Lipinski definition) is 3. The largest absolute Gasteiger partial charge is 0.369 e. The quantitative estimate of drug-likeness (QED) is 0.851. The molecule has 0 bridgehead atoms. The van der Waals surface area contributed by atoms with Crippen LogP contribution in [0.4, 0.5) is 5.69 Å². The second-order valence-electron chi connectivity index (χ2n) is 6.22. The molecule has 0 aliphatic rings. The number of anilines is 1. The smallest absolute Gasteiger partial charge is 0.0447 e. The van der Waals surface area contributed by atoms with E-state index in [1.165, 1.54) is 11.3 Å². The number of hydrogen-bond donors (Lipinski definition) is 1. The Kier molecular flexibility index (Phi) is 5.36. The van der Waals surface area contributed by atoms with Gasteiger partial charge in [-0.15, -0.1) is 0 Å². The Bertz CT molecular complexity index is 410. The van der Waals surface area contributed by atoms with Gasteiger partial charge in [0.25, 0.3) is 0 Å². The van der Waals surface area contributed by atoms with Gasteiger partial charge in [-0.3, -0.25) is 4.98 Å². The summed E-state index contributed by atoms with van der Waals surface area (Å²) in [7, 11) is 2.18. The Morgan fingerprint density at radius 2 is 2.00 bits per heavy atom. The van der Waals surface area contributed by atoms with Gasteiger partial charge in [-0.1, -0.05) is 20.8 Å². The molecule has 3 nitrogen and oxygen atoms in total. The number of rotatable bonds is 6. The van der Waals surface area contributed by atoms with E-state index >= 15 is 0 Å². The zero-order valence-corrected chi connectivity index (χ0v) is 13.5. The minimum absolute atomic E-state index is 0.153. The molecule has 0 spiro atoms. The molecule has 0 radical (unpaired) electrons. The molecule has 0 fully saturated rings. The average molecular weight is 263 g/mol. The van der Waals surface area contributed by atoms with Crippen molar-refractivity contribution in [1.29, 1.82) is 0 Å². The van der Waals surface area contributed by atoms with E-state index in [1.54, 1.807) is 0 Å².